The Morgan fingerprint density at radius 3 is 1.60 bits per heavy atom. The Kier molecular flexibility index (Phi) is 16.1. The summed E-state index contributed by atoms with van der Waals surface area (Å²) in [4.78, 5) is 0. The van der Waals surface area contributed by atoms with Gasteiger partial charge in [-0.2, -0.15) is 0 Å². The number of aliphatic hydroxyl groups is 1. The van der Waals surface area contributed by atoms with Crippen LogP contribution in [0, 0.1) is 0 Å². The Morgan fingerprint density at radius 2 is 1.20 bits per heavy atom. The van der Waals surface area contributed by atoms with Gasteiger partial charge in [0, 0.05) is 6.42 Å². The summed E-state index contributed by atoms with van der Waals surface area (Å²) in [6, 6.07) is 0. The molecule has 0 saturated heterocycles. The molecule has 2 heteroatoms. The van der Waals surface area contributed by atoms with E-state index in [1.165, 1.54) is 83.3 Å². The predicted octanol–water partition coefficient (Wildman–Crippen LogP) is 5.95. The highest BCUT2D eigenvalue weighted by molar-refractivity contribution is 4.54. The SMILES string of the molecule is C=COC(O)CCCCCCCCCCCCCCC. The Labute approximate surface area is 126 Å². The van der Waals surface area contributed by atoms with Gasteiger partial charge in [-0.3, -0.25) is 0 Å². The Bertz CT molecular complexity index is 192. The topological polar surface area (TPSA) is 29.5 Å². The van der Waals surface area contributed by atoms with Crippen molar-refractivity contribution in [2.45, 2.75) is 103 Å². The van der Waals surface area contributed by atoms with Crippen LogP contribution in [-0.2, 0) is 4.74 Å². The van der Waals surface area contributed by atoms with Gasteiger partial charge in [0.15, 0.2) is 6.29 Å². The highest BCUT2D eigenvalue weighted by atomic mass is 16.6. The Hall–Kier alpha value is -0.500. The zero-order chi connectivity index (χ0) is 14.9. The van der Waals surface area contributed by atoms with Gasteiger partial charge in [0.1, 0.15) is 0 Å². The van der Waals surface area contributed by atoms with Crippen LogP contribution >= 0.6 is 0 Å². The third-order valence-electron chi connectivity index (χ3n) is 3.81. The summed E-state index contributed by atoms with van der Waals surface area (Å²) in [6.07, 6.45) is 18.9. The molecule has 0 bridgehead atoms. The van der Waals surface area contributed by atoms with Crippen LogP contribution in [0.3, 0.4) is 0 Å². The fourth-order valence-corrected chi connectivity index (χ4v) is 2.52. The number of ether oxygens (including phenoxy) is 1. The van der Waals surface area contributed by atoms with Gasteiger partial charge in [-0.15, -0.1) is 0 Å². The van der Waals surface area contributed by atoms with Crippen molar-refractivity contribution in [2.75, 3.05) is 0 Å². The lowest BCUT2D eigenvalue weighted by Gasteiger charge is -2.09. The summed E-state index contributed by atoms with van der Waals surface area (Å²) in [5, 5.41) is 9.33. The van der Waals surface area contributed by atoms with Crippen LogP contribution in [-0.4, -0.2) is 11.4 Å². The normalized spacial score (nSPS) is 12.3. The van der Waals surface area contributed by atoms with Crippen molar-refractivity contribution in [1.29, 1.82) is 0 Å². The molecular weight excluding hydrogens is 248 g/mol. The third kappa shape index (κ3) is 15.6. The molecule has 120 valence electrons. The number of unbranched alkanes of at least 4 members (excludes halogenated alkanes) is 12. The van der Waals surface area contributed by atoms with Crippen molar-refractivity contribution in [2.24, 2.45) is 0 Å². The Balaban J connectivity index is 3.01. The molecule has 0 spiro atoms. The molecule has 0 heterocycles. The average Bonchev–Trinajstić information content (AvgIpc) is 2.44. The number of hydrogen-bond acceptors (Lipinski definition) is 2. The average molecular weight is 284 g/mol. The molecule has 0 saturated carbocycles. The molecule has 0 radical (unpaired) electrons. The molecule has 0 amide bonds. The van der Waals surface area contributed by atoms with Crippen molar-refractivity contribution >= 4 is 0 Å². The molecule has 20 heavy (non-hydrogen) atoms. The molecule has 2 nitrogen and oxygen atoms in total. The van der Waals surface area contributed by atoms with Crippen LogP contribution in [0.4, 0.5) is 0 Å². The van der Waals surface area contributed by atoms with Crippen molar-refractivity contribution < 1.29 is 9.84 Å². The van der Waals surface area contributed by atoms with E-state index in [9.17, 15) is 5.11 Å². The highest BCUT2D eigenvalue weighted by Crippen LogP contribution is 2.13. The van der Waals surface area contributed by atoms with E-state index >= 15 is 0 Å². The van der Waals surface area contributed by atoms with Gasteiger partial charge in [-0.25, -0.2) is 0 Å². The van der Waals surface area contributed by atoms with E-state index in [4.69, 9.17) is 4.74 Å². The van der Waals surface area contributed by atoms with E-state index in [1.807, 2.05) is 0 Å². The van der Waals surface area contributed by atoms with Gasteiger partial charge in [-0.05, 0) is 6.42 Å². The van der Waals surface area contributed by atoms with Crippen molar-refractivity contribution in [3.63, 3.8) is 0 Å². The molecular formula is C18H36O2. The Morgan fingerprint density at radius 1 is 0.800 bits per heavy atom. The first kappa shape index (κ1) is 19.5. The fourth-order valence-electron chi connectivity index (χ4n) is 2.52. The first-order valence-electron chi connectivity index (χ1n) is 8.75. The second-order valence-electron chi connectivity index (χ2n) is 5.79. The summed E-state index contributed by atoms with van der Waals surface area (Å²) in [7, 11) is 0. The molecule has 0 aliphatic rings. The van der Waals surface area contributed by atoms with Crippen LogP contribution < -0.4 is 0 Å². The minimum absolute atomic E-state index is 0.653. The molecule has 0 aliphatic heterocycles. The maximum atomic E-state index is 9.33. The summed E-state index contributed by atoms with van der Waals surface area (Å²) in [5.74, 6) is 0. The van der Waals surface area contributed by atoms with Gasteiger partial charge < -0.3 is 9.84 Å². The maximum Gasteiger partial charge on any atom is 0.196 e. The molecule has 0 aliphatic carbocycles. The van der Waals surface area contributed by atoms with E-state index < -0.39 is 6.29 Å². The third-order valence-corrected chi connectivity index (χ3v) is 3.81. The van der Waals surface area contributed by atoms with Crippen molar-refractivity contribution in [3.8, 4) is 0 Å². The van der Waals surface area contributed by atoms with E-state index in [1.54, 1.807) is 0 Å². The molecule has 1 unspecified atom stereocenters. The lowest BCUT2D eigenvalue weighted by atomic mass is 10.0. The minimum Gasteiger partial charge on any atom is -0.473 e. The standard InChI is InChI=1S/C18H36O2/c1-3-5-6-7-8-9-10-11-12-13-14-15-16-17-18(19)20-4-2/h4,18-19H,2-3,5-17H2,1H3. The van der Waals surface area contributed by atoms with E-state index in [0.717, 1.165) is 12.8 Å². The van der Waals surface area contributed by atoms with E-state index in [-0.39, 0.29) is 0 Å². The number of hydrogen-bond donors (Lipinski definition) is 1. The zero-order valence-corrected chi connectivity index (χ0v) is 13.6. The summed E-state index contributed by atoms with van der Waals surface area (Å²) in [6.45, 7) is 5.70. The lowest BCUT2D eigenvalue weighted by Crippen LogP contribution is -2.07. The van der Waals surface area contributed by atoms with Crippen LogP contribution in [0.1, 0.15) is 96.8 Å². The first-order valence-corrected chi connectivity index (χ1v) is 8.75. The maximum absolute atomic E-state index is 9.33. The summed E-state index contributed by atoms with van der Waals surface area (Å²) < 4.78 is 4.87. The highest BCUT2D eigenvalue weighted by Gasteiger charge is 2.01. The molecule has 1 atom stereocenters. The molecule has 0 aromatic heterocycles. The predicted molar refractivity (Wildman–Crippen MR) is 87.6 cm³/mol. The zero-order valence-electron chi connectivity index (χ0n) is 13.6. The summed E-state index contributed by atoms with van der Waals surface area (Å²) in [5.41, 5.74) is 0. The molecule has 0 aromatic rings. The van der Waals surface area contributed by atoms with E-state index in [0.29, 0.717) is 0 Å². The molecule has 0 aromatic carbocycles. The second kappa shape index (κ2) is 16.6. The van der Waals surface area contributed by atoms with Crippen molar-refractivity contribution in [1.82, 2.24) is 0 Å². The van der Waals surface area contributed by atoms with Gasteiger partial charge in [0.05, 0.1) is 6.26 Å². The van der Waals surface area contributed by atoms with Crippen LogP contribution in [0.15, 0.2) is 12.8 Å². The summed E-state index contributed by atoms with van der Waals surface area (Å²) >= 11 is 0. The van der Waals surface area contributed by atoms with Crippen LogP contribution in [0.2, 0.25) is 0 Å². The smallest absolute Gasteiger partial charge is 0.196 e. The van der Waals surface area contributed by atoms with Crippen LogP contribution in [0.5, 0.6) is 0 Å². The number of aliphatic hydroxyl groups excluding tert-OH is 1. The second-order valence-corrected chi connectivity index (χ2v) is 5.79. The van der Waals surface area contributed by atoms with E-state index in [2.05, 4.69) is 13.5 Å². The fraction of sp³-hybridized carbons (Fsp3) is 0.889. The van der Waals surface area contributed by atoms with Gasteiger partial charge >= 0.3 is 0 Å². The lowest BCUT2D eigenvalue weighted by molar-refractivity contribution is -0.0569. The quantitative estimate of drug-likeness (QED) is 0.216. The molecule has 1 N–H and O–H groups in total. The van der Waals surface area contributed by atoms with Gasteiger partial charge in [-0.1, -0.05) is 90.6 Å². The van der Waals surface area contributed by atoms with Crippen LogP contribution in [0.25, 0.3) is 0 Å². The van der Waals surface area contributed by atoms with Crippen molar-refractivity contribution in [3.05, 3.63) is 12.8 Å². The molecule has 0 fully saturated rings. The minimum atomic E-state index is -0.653. The van der Waals surface area contributed by atoms with Gasteiger partial charge in [0.2, 0.25) is 0 Å². The monoisotopic (exact) mass is 284 g/mol. The van der Waals surface area contributed by atoms with Gasteiger partial charge in [0.25, 0.3) is 0 Å². The largest absolute Gasteiger partial charge is 0.473 e. The first-order chi connectivity index (χ1) is 9.81. The number of rotatable bonds is 16. The molecule has 0 rings (SSSR count).